The Kier molecular flexibility index (Phi) is 4.82. The Bertz CT molecular complexity index is 615. The van der Waals surface area contributed by atoms with Gasteiger partial charge in [-0.05, 0) is 18.2 Å². The molecular weight excluding hydrogens is 324 g/mol. The van der Waals surface area contributed by atoms with Crippen molar-refractivity contribution in [1.29, 1.82) is 0 Å². The molecule has 0 bridgehead atoms. The summed E-state index contributed by atoms with van der Waals surface area (Å²) < 4.78 is 26.9. The fraction of sp³-hybridized carbons (Fsp3) is 0.467. The van der Waals surface area contributed by atoms with Crippen molar-refractivity contribution in [2.45, 2.75) is 6.04 Å². The molecular formula is C15H17F2N3O2S. The molecule has 0 radical (unpaired) electrons. The smallest absolute Gasteiger partial charge is 0.257 e. The summed E-state index contributed by atoms with van der Waals surface area (Å²) in [6.07, 6.45) is 0. The van der Waals surface area contributed by atoms with Gasteiger partial charge in [-0.25, -0.2) is 8.78 Å². The Morgan fingerprint density at radius 2 is 1.83 bits per heavy atom. The van der Waals surface area contributed by atoms with E-state index in [0.717, 1.165) is 29.8 Å². The summed E-state index contributed by atoms with van der Waals surface area (Å²) in [6, 6.07) is 2.68. The van der Waals surface area contributed by atoms with Gasteiger partial charge in [-0.3, -0.25) is 14.9 Å². The molecule has 1 aromatic rings. The highest BCUT2D eigenvalue weighted by Gasteiger charge is 2.31. The number of carbonyl (C=O) groups is 2. The van der Waals surface area contributed by atoms with Crippen molar-refractivity contribution < 1.29 is 18.4 Å². The van der Waals surface area contributed by atoms with Crippen molar-refractivity contribution in [3.63, 3.8) is 0 Å². The second kappa shape index (κ2) is 6.84. The monoisotopic (exact) mass is 341 g/mol. The first-order chi connectivity index (χ1) is 11.1. The molecule has 23 heavy (non-hydrogen) atoms. The first-order valence-electron chi connectivity index (χ1n) is 7.40. The van der Waals surface area contributed by atoms with Crippen LogP contribution in [0.25, 0.3) is 0 Å². The van der Waals surface area contributed by atoms with E-state index in [1.165, 1.54) is 4.90 Å². The van der Waals surface area contributed by atoms with Gasteiger partial charge in [0.05, 0.1) is 11.6 Å². The van der Waals surface area contributed by atoms with Gasteiger partial charge < -0.3 is 9.80 Å². The van der Waals surface area contributed by atoms with Crippen LogP contribution in [-0.2, 0) is 4.79 Å². The second-order valence-corrected chi connectivity index (χ2v) is 6.54. The summed E-state index contributed by atoms with van der Waals surface area (Å²) in [6.45, 7) is 1.45. The lowest BCUT2D eigenvalue weighted by molar-refractivity contribution is -0.134. The molecule has 0 aliphatic carbocycles. The van der Waals surface area contributed by atoms with E-state index in [4.69, 9.17) is 0 Å². The van der Waals surface area contributed by atoms with Gasteiger partial charge >= 0.3 is 0 Å². The molecule has 2 fully saturated rings. The molecule has 0 spiro atoms. The second-order valence-electron chi connectivity index (χ2n) is 5.51. The minimum Gasteiger partial charge on any atom is -0.338 e. The van der Waals surface area contributed by atoms with Crippen molar-refractivity contribution >= 4 is 23.6 Å². The van der Waals surface area contributed by atoms with Crippen molar-refractivity contribution in [2.24, 2.45) is 0 Å². The molecule has 2 saturated heterocycles. The summed E-state index contributed by atoms with van der Waals surface area (Å²) in [5.41, 5.74) is -0.265. The average Bonchev–Trinajstić information content (AvgIpc) is 3.10. The van der Waals surface area contributed by atoms with Gasteiger partial charge in [0.25, 0.3) is 5.91 Å². The van der Waals surface area contributed by atoms with E-state index in [-0.39, 0.29) is 17.5 Å². The summed E-state index contributed by atoms with van der Waals surface area (Å²) in [5.74, 6) is -0.349. The Morgan fingerprint density at radius 1 is 1.13 bits per heavy atom. The molecule has 8 heteroatoms. The van der Waals surface area contributed by atoms with Crippen molar-refractivity contribution in [1.82, 2.24) is 15.1 Å². The average molecular weight is 341 g/mol. The molecule has 0 saturated carbocycles. The van der Waals surface area contributed by atoms with Crippen LogP contribution in [0.15, 0.2) is 18.2 Å². The molecule has 2 amide bonds. The fourth-order valence-corrected chi connectivity index (χ4v) is 3.67. The number of amides is 2. The van der Waals surface area contributed by atoms with E-state index in [9.17, 15) is 18.4 Å². The highest BCUT2D eigenvalue weighted by molar-refractivity contribution is 7.99. The first-order valence-corrected chi connectivity index (χ1v) is 8.56. The molecule has 5 nitrogen and oxygen atoms in total. The van der Waals surface area contributed by atoms with Gasteiger partial charge in [0.2, 0.25) is 5.91 Å². The molecule has 124 valence electrons. The third-order valence-electron chi connectivity index (χ3n) is 4.05. The van der Waals surface area contributed by atoms with Crippen LogP contribution in [0.5, 0.6) is 0 Å². The Labute approximate surface area is 137 Å². The van der Waals surface area contributed by atoms with E-state index in [1.54, 1.807) is 16.7 Å². The van der Waals surface area contributed by atoms with Gasteiger partial charge in [-0.2, -0.15) is 0 Å². The van der Waals surface area contributed by atoms with Gasteiger partial charge in [-0.15, -0.1) is 11.8 Å². The van der Waals surface area contributed by atoms with E-state index < -0.39 is 17.5 Å². The highest BCUT2D eigenvalue weighted by atomic mass is 32.2. The van der Waals surface area contributed by atoms with E-state index in [0.29, 0.717) is 26.2 Å². The maximum Gasteiger partial charge on any atom is 0.257 e. The maximum atomic E-state index is 13.7. The van der Waals surface area contributed by atoms with Crippen LogP contribution < -0.4 is 5.32 Å². The molecule has 3 rings (SSSR count). The van der Waals surface area contributed by atoms with Crippen molar-refractivity contribution in [3.05, 3.63) is 35.4 Å². The number of carbonyl (C=O) groups excluding carboxylic acids is 2. The number of rotatable bonds is 2. The minimum absolute atomic E-state index is 0.0408. The Morgan fingerprint density at radius 3 is 2.48 bits per heavy atom. The Balaban J connectivity index is 1.61. The number of nitrogens with zero attached hydrogens (tertiary/aromatic N) is 2. The zero-order chi connectivity index (χ0) is 16.4. The van der Waals surface area contributed by atoms with Crippen LogP contribution >= 0.6 is 11.8 Å². The van der Waals surface area contributed by atoms with Crippen LogP contribution in [0.4, 0.5) is 8.78 Å². The SMILES string of the molecule is O=C(c1cc(F)ccc1F)N1CCN(C(=O)C2CSCN2)CC1. The van der Waals surface area contributed by atoms with Gasteiger partial charge in [0.15, 0.2) is 0 Å². The van der Waals surface area contributed by atoms with Crippen LogP contribution in [0.3, 0.4) is 0 Å². The minimum atomic E-state index is -0.734. The quantitative estimate of drug-likeness (QED) is 0.869. The zero-order valence-corrected chi connectivity index (χ0v) is 13.2. The van der Waals surface area contributed by atoms with Crippen molar-refractivity contribution in [3.8, 4) is 0 Å². The third-order valence-corrected chi connectivity index (χ3v) is 4.99. The number of hydrogen-bond acceptors (Lipinski definition) is 4. The molecule has 2 aliphatic heterocycles. The predicted octanol–water partition coefficient (Wildman–Crippen LogP) is 0.912. The summed E-state index contributed by atoms with van der Waals surface area (Å²) >= 11 is 1.68. The largest absolute Gasteiger partial charge is 0.338 e. The molecule has 1 aromatic carbocycles. The van der Waals surface area contributed by atoms with Gasteiger partial charge in [0.1, 0.15) is 11.6 Å². The lowest BCUT2D eigenvalue weighted by Crippen LogP contribution is -2.54. The predicted molar refractivity (Wildman–Crippen MR) is 83.1 cm³/mol. The number of hydrogen-bond donors (Lipinski definition) is 1. The number of benzene rings is 1. The normalized spacial score (nSPS) is 21.6. The lowest BCUT2D eigenvalue weighted by Gasteiger charge is -2.36. The molecule has 1 N–H and O–H groups in total. The lowest BCUT2D eigenvalue weighted by atomic mass is 10.1. The molecule has 2 heterocycles. The van der Waals surface area contributed by atoms with E-state index in [1.807, 2.05) is 0 Å². The maximum absolute atomic E-state index is 13.7. The van der Waals surface area contributed by atoms with Crippen LogP contribution in [0.2, 0.25) is 0 Å². The van der Waals surface area contributed by atoms with Crippen LogP contribution in [0.1, 0.15) is 10.4 Å². The summed E-state index contributed by atoms with van der Waals surface area (Å²) in [7, 11) is 0. The van der Waals surface area contributed by atoms with E-state index in [2.05, 4.69) is 5.32 Å². The molecule has 0 aromatic heterocycles. The topological polar surface area (TPSA) is 52.7 Å². The number of nitrogens with one attached hydrogen (secondary N) is 1. The standard InChI is InChI=1S/C15H17F2N3O2S/c16-10-1-2-12(17)11(7-10)14(21)19-3-5-20(6-4-19)15(22)13-8-23-9-18-13/h1-2,7,13,18H,3-6,8-9H2. The summed E-state index contributed by atoms with van der Waals surface area (Å²) in [5, 5.41) is 3.13. The molecule has 1 unspecified atom stereocenters. The first kappa shape index (κ1) is 16.2. The van der Waals surface area contributed by atoms with Crippen LogP contribution in [0, 0.1) is 11.6 Å². The van der Waals surface area contributed by atoms with Gasteiger partial charge in [-0.1, -0.05) is 0 Å². The van der Waals surface area contributed by atoms with Crippen LogP contribution in [-0.4, -0.2) is 65.5 Å². The number of thioether (sulfide) groups is 1. The third kappa shape index (κ3) is 3.48. The van der Waals surface area contributed by atoms with Gasteiger partial charge in [0, 0.05) is 37.8 Å². The Hall–Kier alpha value is -1.67. The molecule has 1 atom stereocenters. The summed E-state index contributed by atoms with van der Waals surface area (Å²) in [4.78, 5) is 27.8. The number of piperazine rings is 1. The van der Waals surface area contributed by atoms with Crippen molar-refractivity contribution in [2.75, 3.05) is 37.8 Å². The highest BCUT2D eigenvalue weighted by Crippen LogP contribution is 2.16. The van der Waals surface area contributed by atoms with E-state index >= 15 is 0 Å². The fourth-order valence-electron chi connectivity index (χ4n) is 2.74. The number of halogens is 2. The molecule has 2 aliphatic rings. The zero-order valence-electron chi connectivity index (χ0n) is 12.4.